The molecule has 88 valence electrons. The first-order valence-corrected chi connectivity index (χ1v) is 5.67. The summed E-state index contributed by atoms with van der Waals surface area (Å²) < 4.78 is 10.9. The van der Waals surface area contributed by atoms with Gasteiger partial charge < -0.3 is 14.8 Å². The molecule has 1 amide bonds. The summed E-state index contributed by atoms with van der Waals surface area (Å²) in [5.41, 5.74) is 0.706. The van der Waals surface area contributed by atoms with Gasteiger partial charge >= 0.3 is 0 Å². The average Bonchev–Trinajstić information content (AvgIpc) is 2.26. The predicted molar refractivity (Wildman–Crippen MR) is 65.8 cm³/mol. The number of carbonyl (C=O) groups is 1. The van der Waals surface area contributed by atoms with Gasteiger partial charge in [-0.05, 0) is 41.1 Å². The van der Waals surface area contributed by atoms with Crippen molar-refractivity contribution in [2.75, 3.05) is 25.6 Å². The van der Waals surface area contributed by atoms with Crippen molar-refractivity contribution in [2.45, 2.75) is 6.92 Å². The molecule has 0 aliphatic rings. The normalized spacial score (nSPS) is 9.94. The Balaban J connectivity index is 2.61. The van der Waals surface area contributed by atoms with E-state index in [0.29, 0.717) is 12.3 Å². The van der Waals surface area contributed by atoms with Crippen LogP contribution < -0.4 is 10.1 Å². The Hall–Kier alpha value is -1.07. The van der Waals surface area contributed by atoms with Crippen LogP contribution in [0.2, 0.25) is 0 Å². The average molecular weight is 288 g/mol. The van der Waals surface area contributed by atoms with Crippen molar-refractivity contribution >= 4 is 27.5 Å². The highest BCUT2D eigenvalue weighted by molar-refractivity contribution is 9.10. The van der Waals surface area contributed by atoms with E-state index in [0.717, 1.165) is 10.2 Å². The number of ether oxygens (including phenoxy) is 2. The van der Waals surface area contributed by atoms with Crippen molar-refractivity contribution in [3.63, 3.8) is 0 Å². The zero-order valence-corrected chi connectivity index (χ0v) is 10.8. The number of hydrogen-bond donors (Lipinski definition) is 1. The first-order valence-electron chi connectivity index (χ1n) is 4.88. The molecule has 0 radical (unpaired) electrons. The number of methoxy groups -OCH3 is 1. The number of carbonyl (C=O) groups excluding carboxylic acids is 1. The smallest absolute Gasteiger partial charge is 0.250 e. The van der Waals surface area contributed by atoms with Gasteiger partial charge in [-0.2, -0.15) is 0 Å². The van der Waals surface area contributed by atoms with Crippen LogP contribution in [0.3, 0.4) is 0 Å². The lowest BCUT2D eigenvalue weighted by atomic mass is 10.3. The summed E-state index contributed by atoms with van der Waals surface area (Å²) in [7, 11) is 1.59. The summed E-state index contributed by atoms with van der Waals surface area (Å²) in [6.45, 7) is 2.44. The van der Waals surface area contributed by atoms with E-state index in [1.165, 1.54) is 0 Å². The van der Waals surface area contributed by atoms with Gasteiger partial charge in [-0.1, -0.05) is 0 Å². The third kappa shape index (κ3) is 3.83. The maximum absolute atomic E-state index is 11.4. The highest BCUT2D eigenvalue weighted by Gasteiger charge is 2.04. The van der Waals surface area contributed by atoms with E-state index >= 15 is 0 Å². The fourth-order valence-corrected chi connectivity index (χ4v) is 1.68. The molecule has 1 aromatic rings. The topological polar surface area (TPSA) is 47.6 Å². The van der Waals surface area contributed by atoms with E-state index in [1.54, 1.807) is 25.3 Å². The van der Waals surface area contributed by atoms with Crippen molar-refractivity contribution in [2.24, 2.45) is 0 Å². The van der Waals surface area contributed by atoms with E-state index in [9.17, 15) is 4.79 Å². The molecule has 0 fully saturated rings. The van der Waals surface area contributed by atoms with Crippen LogP contribution in [0.4, 0.5) is 5.69 Å². The third-order valence-electron chi connectivity index (χ3n) is 1.87. The molecule has 0 unspecified atom stereocenters. The van der Waals surface area contributed by atoms with Crippen molar-refractivity contribution in [1.82, 2.24) is 0 Å². The van der Waals surface area contributed by atoms with Crippen LogP contribution in [0.15, 0.2) is 22.7 Å². The zero-order chi connectivity index (χ0) is 12.0. The number of benzene rings is 1. The zero-order valence-electron chi connectivity index (χ0n) is 9.25. The molecule has 0 saturated heterocycles. The molecule has 0 bridgehead atoms. The van der Waals surface area contributed by atoms with E-state index in [4.69, 9.17) is 9.47 Å². The molecule has 1 N–H and O–H groups in total. The lowest BCUT2D eigenvalue weighted by Gasteiger charge is -2.08. The van der Waals surface area contributed by atoms with Crippen molar-refractivity contribution < 1.29 is 14.3 Å². The van der Waals surface area contributed by atoms with Gasteiger partial charge in [-0.3, -0.25) is 4.79 Å². The summed E-state index contributed by atoms with van der Waals surface area (Å²) in [6, 6.07) is 5.33. The number of anilines is 1. The molecular formula is C11H14BrNO3. The minimum absolute atomic E-state index is 0.0696. The van der Waals surface area contributed by atoms with Gasteiger partial charge in [0.15, 0.2) is 0 Å². The van der Waals surface area contributed by atoms with Gasteiger partial charge in [0.2, 0.25) is 5.91 Å². The van der Waals surface area contributed by atoms with Crippen molar-refractivity contribution in [3.05, 3.63) is 22.7 Å². The summed E-state index contributed by atoms with van der Waals surface area (Å²) in [5.74, 6) is 0.557. The van der Waals surface area contributed by atoms with E-state index in [-0.39, 0.29) is 12.5 Å². The molecular weight excluding hydrogens is 274 g/mol. The molecule has 5 heteroatoms. The van der Waals surface area contributed by atoms with Gasteiger partial charge in [0.25, 0.3) is 0 Å². The second-order valence-corrected chi connectivity index (χ2v) is 3.89. The number of nitrogens with one attached hydrogen (secondary N) is 1. The number of amides is 1. The molecule has 0 aromatic heterocycles. The van der Waals surface area contributed by atoms with Crippen LogP contribution >= 0.6 is 15.9 Å². The van der Waals surface area contributed by atoms with Gasteiger partial charge in [0.05, 0.1) is 11.6 Å². The van der Waals surface area contributed by atoms with E-state index in [2.05, 4.69) is 21.2 Å². The largest absolute Gasteiger partial charge is 0.496 e. The van der Waals surface area contributed by atoms with Crippen LogP contribution in [0.25, 0.3) is 0 Å². The Labute approximate surface area is 103 Å². The Morgan fingerprint density at radius 3 is 2.81 bits per heavy atom. The molecule has 0 saturated carbocycles. The molecule has 0 heterocycles. The minimum Gasteiger partial charge on any atom is -0.496 e. The molecule has 16 heavy (non-hydrogen) atoms. The fourth-order valence-electron chi connectivity index (χ4n) is 1.14. The Morgan fingerprint density at radius 1 is 1.50 bits per heavy atom. The standard InChI is InChI=1S/C11H14BrNO3/c1-3-16-7-11(14)13-8-4-5-10(15-2)9(12)6-8/h4-6H,3,7H2,1-2H3,(H,13,14). The second kappa shape index (κ2) is 6.50. The van der Waals surface area contributed by atoms with Gasteiger partial charge in [0, 0.05) is 12.3 Å². The predicted octanol–water partition coefficient (Wildman–Crippen LogP) is 2.43. The molecule has 4 nitrogen and oxygen atoms in total. The molecule has 1 aromatic carbocycles. The lowest BCUT2D eigenvalue weighted by Crippen LogP contribution is -2.18. The fraction of sp³-hybridized carbons (Fsp3) is 0.364. The van der Waals surface area contributed by atoms with E-state index < -0.39 is 0 Å². The molecule has 0 atom stereocenters. The summed E-state index contributed by atoms with van der Waals surface area (Å²) in [5, 5.41) is 2.72. The van der Waals surface area contributed by atoms with Crippen molar-refractivity contribution in [3.8, 4) is 5.75 Å². The molecule has 1 rings (SSSR count). The van der Waals surface area contributed by atoms with E-state index in [1.807, 2.05) is 6.92 Å². The van der Waals surface area contributed by atoms with Crippen LogP contribution in [0, 0.1) is 0 Å². The third-order valence-corrected chi connectivity index (χ3v) is 2.49. The Morgan fingerprint density at radius 2 is 2.25 bits per heavy atom. The maximum atomic E-state index is 11.4. The number of halogens is 1. The Bertz CT molecular complexity index is 368. The van der Waals surface area contributed by atoms with Gasteiger partial charge in [-0.25, -0.2) is 0 Å². The molecule has 0 spiro atoms. The van der Waals surface area contributed by atoms with Crippen LogP contribution in [-0.2, 0) is 9.53 Å². The van der Waals surface area contributed by atoms with Crippen LogP contribution in [0.1, 0.15) is 6.92 Å². The summed E-state index contributed by atoms with van der Waals surface area (Å²) >= 11 is 3.34. The maximum Gasteiger partial charge on any atom is 0.250 e. The number of hydrogen-bond acceptors (Lipinski definition) is 3. The first-order chi connectivity index (χ1) is 7.67. The monoisotopic (exact) mass is 287 g/mol. The Kier molecular flexibility index (Phi) is 5.28. The highest BCUT2D eigenvalue weighted by atomic mass is 79.9. The van der Waals surface area contributed by atoms with Crippen LogP contribution in [0.5, 0.6) is 5.75 Å². The first kappa shape index (κ1) is 13.0. The quantitative estimate of drug-likeness (QED) is 0.905. The highest BCUT2D eigenvalue weighted by Crippen LogP contribution is 2.27. The molecule has 0 aliphatic heterocycles. The lowest BCUT2D eigenvalue weighted by molar-refractivity contribution is -0.120. The van der Waals surface area contributed by atoms with Crippen molar-refractivity contribution in [1.29, 1.82) is 0 Å². The second-order valence-electron chi connectivity index (χ2n) is 3.03. The number of rotatable bonds is 5. The minimum atomic E-state index is -0.168. The summed E-state index contributed by atoms with van der Waals surface area (Å²) in [4.78, 5) is 11.4. The van der Waals surface area contributed by atoms with Crippen LogP contribution in [-0.4, -0.2) is 26.2 Å². The van der Waals surface area contributed by atoms with Gasteiger partial charge in [0.1, 0.15) is 12.4 Å². The van der Waals surface area contributed by atoms with Gasteiger partial charge in [-0.15, -0.1) is 0 Å². The molecule has 0 aliphatic carbocycles. The SMILES string of the molecule is CCOCC(=O)Nc1ccc(OC)c(Br)c1. The summed E-state index contributed by atoms with van der Waals surface area (Å²) in [6.07, 6.45) is 0.